The molecule has 0 aliphatic rings. The van der Waals surface area contributed by atoms with Crippen molar-refractivity contribution in [3.05, 3.63) is 83.7 Å². The second kappa shape index (κ2) is 7.57. The zero-order valence-electron chi connectivity index (χ0n) is 13.8. The highest BCUT2D eigenvalue weighted by Gasteiger charge is 2.20. The summed E-state index contributed by atoms with van der Waals surface area (Å²) in [6, 6.07) is 14.3. The monoisotopic (exact) mass is 368 g/mol. The highest BCUT2D eigenvalue weighted by Crippen LogP contribution is 2.32. The minimum atomic E-state index is -0.939. The third-order valence-corrected chi connectivity index (χ3v) is 3.49. The Morgan fingerprint density at radius 1 is 0.741 bits per heavy atom. The number of rotatable bonds is 4. The lowest BCUT2D eigenvalue weighted by molar-refractivity contribution is 0.0676. The molecule has 0 amide bonds. The average molecular weight is 368 g/mol. The topological polar surface area (TPSA) is 93.1 Å². The lowest BCUT2D eigenvalue weighted by Gasteiger charge is -2.11. The summed E-state index contributed by atoms with van der Waals surface area (Å²) in [5.41, 5.74) is 0.0213. The molecule has 0 aliphatic carbocycles. The predicted molar refractivity (Wildman–Crippen MR) is 92.5 cm³/mol. The van der Waals surface area contributed by atoms with Crippen LogP contribution in [0.2, 0.25) is 0 Å². The number of halogens is 1. The van der Waals surface area contributed by atoms with Crippen molar-refractivity contribution in [1.82, 2.24) is 0 Å². The van der Waals surface area contributed by atoms with E-state index >= 15 is 0 Å². The number of para-hydroxylation sites is 1. The van der Waals surface area contributed by atoms with Gasteiger partial charge in [0.1, 0.15) is 11.5 Å². The Bertz CT molecular complexity index is 1010. The van der Waals surface area contributed by atoms with Gasteiger partial charge in [-0.25, -0.2) is 14.0 Å². The first kappa shape index (κ1) is 17.9. The van der Waals surface area contributed by atoms with Crippen LogP contribution in [0.15, 0.2) is 66.7 Å². The molecule has 0 saturated heterocycles. The fraction of sp³-hybridized carbons (Fsp3) is 0. The van der Waals surface area contributed by atoms with Crippen LogP contribution in [0, 0.1) is 5.82 Å². The Hall–Kier alpha value is -3.87. The standard InChI is InChI=1S/C20H13FO6/c21-16-8-3-9-17(26-19(24)12-4-1-6-14(22)10-12)18(16)27-20(25)13-5-2-7-15(23)11-13/h1-11,22-23H. The van der Waals surface area contributed by atoms with Crippen LogP contribution in [0.25, 0.3) is 0 Å². The average Bonchev–Trinajstić information content (AvgIpc) is 2.64. The van der Waals surface area contributed by atoms with Crippen LogP contribution in [0.4, 0.5) is 4.39 Å². The van der Waals surface area contributed by atoms with Gasteiger partial charge in [0.05, 0.1) is 11.1 Å². The first-order valence-corrected chi connectivity index (χ1v) is 7.75. The van der Waals surface area contributed by atoms with Crippen molar-refractivity contribution in [2.24, 2.45) is 0 Å². The maximum Gasteiger partial charge on any atom is 0.343 e. The summed E-state index contributed by atoms with van der Waals surface area (Å²) in [5.74, 6) is -3.90. The number of carbonyl (C=O) groups is 2. The molecular weight excluding hydrogens is 355 g/mol. The van der Waals surface area contributed by atoms with E-state index in [1.165, 1.54) is 54.6 Å². The van der Waals surface area contributed by atoms with Crippen LogP contribution in [-0.4, -0.2) is 22.2 Å². The van der Waals surface area contributed by atoms with E-state index in [1.54, 1.807) is 0 Å². The van der Waals surface area contributed by atoms with Crippen molar-refractivity contribution in [1.29, 1.82) is 0 Å². The molecule has 0 fully saturated rings. The molecule has 3 rings (SSSR count). The van der Waals surface area contributed by atoms with E-state index in [2.05, 4.69) is 0 Å². The van der Waals surface area contributed by atoms with Gasteiger partial charge in [0, 0.05) is 0 Å². The van der Waals surface area contributed by atoms with Crippen molar-refractivity contribution < 1.29 is 33.7 Å². The molecule has 2 N–H and O–H groups in total. The second-order valence-electron chi connectivity index (χ2n) is 5.45. The number of hydrogen-bond acceptors (Lipinski definition) is 6. The minimum absolute atomic E-state index is 0.0106. The first-order valence-electron chi connectivity index (χ1n) is 7.75. The zero-order chi connectivity index (χ0) is 19.4. The summed E-state index contributed by atoms with van der Waals surface area (Å²) in [5, 5.41) is 18.9. The van der Waals surface area contributed by atoms with Crippen LogP contribution in [0.1, 0.15) is 20.7 Å². The molecule has 0 aliphatic heterocycles. The lowest BCUT2D eigenvalue weighted by Crippen LogP contribution is -2.13. The van der Waals surface area contributed by atoms with E-state index < -0.39 is 23.5 Å². The van der Waals surface area contributed by atoms with Gasteiger partial charge in [-0.2, -0.15) is 0 Å². The maximum absolute atomic E-state index is 14.2. The van der Waals surface area contributed by atoms with Gasteiger partial charge >= 0.3 is 11.9 Å². The molecule has 136 valence electrons. The molecular formula is C20H13FO6. The largest absolute Gasteiger partial charge is 0.508 e. The van der Waals surface area contributed by atoms with Crippen LogP contribution in [0.5, 0.6) is 23.0 Å². The molecule has 3 aromatic rings. The van der Waals surface area contributed by atoms with Gasteiger partial charge in [0.2, 0.25) is 5.75 Å². The van der Waals surface area contributed by atoms with Gasteiger partial charge in [-0.3, -0.25) is 0 Å². The molecule has 0 heterocycles. The smallest absolute Gasteiger partial charge is 0.343 e. The number of hydrogen-bond donors (Lipinski definition) is 2. The minimum Gasteiger partial charge on any atom is -0.508 e. The fourth-order valence-corrected chi connectivity index (χ4v) is 2.24. The van der Waals surface area contributed by atoms with E-state index in [0.29, 0.717) is 0 Å². The van der Waals surface area contributed by atoms with Crippen LogP contribution in [0.3, 0.4) is 0 Å². The Morgan fingerprint density at radius 2 is 1.26 bits per heavy atom. The predicted octanol–water partition coefficient (Wildman–Crippen LogP) is 3.68. The van der Waals surface area contributed by atoms with Crippen LogP contribution in [-0.2, 0) is 0 Å². The second-order valence-corrected chi connectivity index (χ2v) is 5.45. The molecule has 0 aromatic heterocycles. The normalized spacial score (nSPS) is 10.3. The summed E-state index contributed by atoms with van der Waals surface area (Å²) >= 11 is 0. The highest BCUT2D eigenvalue weighted by atomic mass is 19.1. The van der Waals surface area contributed by atoms with Gasteiger partial charge in [-0.05, 0) is 48.5 Å². The van der Waals surface area contributed by atoms with Crippen molar-refractivity contribution in [3.63, 3.8) is 0 Å². The number of phenolic OH excluding ortho intramolecular Hbond substituents is 2. The third-order valence-electron chi connectivity index (χ3n) is 3.49. The number of esters is 2. The van der Waals surface area contributed by atoms with Gasteiger partial charge in [0.15, 0.2) is 11.6 Å². The lowest BCUT2D eigenvalue weighted by atomic mass is 10.2. The highest BCUT2D eigenvalue weighted by molar-refractivity contribution is 5.93. The quantitative estimate of drug-likeness (QED) is 0.539. The Kier molecular flexibility index (Phi) is 5.03. The van der Waals surface area contributed by atoms with E-state index in [9.17, 15) is 24.2 Å². The molecule has 0 atom stereocenters. The van der Waals surface area contributed by atoms with Crippen LogP contribution < -0.4 is 9.47 Å². The molecule has 27 heavy (non-hydrogen) atoms. The molecule has 0 radical (unpaired) electrons. The summed E-state index contributed by atoms with van der Waals surface area (Å²) < 4.78 is 24.3. The first-order chi connectivity index (χ1) is 12.9. The molecule has 0 unspecified atom stereocenters. The molecule has 3 aromatic carbocycles. The molecule has 7 heteroatoms. The summed E-state index contributed by atoms with van der Waals surface area (Å²) in [7, 11) is 0. The molecule has 6 nitrogen and oxygen atoms in total. The summed E-state index contributed by atoms with van der Waals surface area (Å²) in [6.07, 6.45) is 0. The van der Waals surface area contributed by atoms with Gasteiger partial charge < -0.3 is 19.7 Å². The Balaban J connectivity index is 1.86. The molecule has 0 bridgehead atoms. The number of aromatic hydroxyl groups is 2. The van der Waals surface area contributed by atoms with Crippen molar-refractivity contribution in [2.75, 3.05) is 0 Å². The molecule has 0 saturated carbocycles. The van der Waals surface area contributed by atoms with Crippen molar-refractivity contribution >= 4 is 11.9 Å². The van der Waals surface area contributed by atoms with Crippen molar-refractivity contribution in [2.45, 2.75) is 0 Å². The number of phenols is 2. The Labute approximate surface area is 153 Å². The van der Waals surface area contributed by atoms with E-state index in [1.807, 2.05) is 0 Å². The van der Waals surface area contributed by atoms with E-state index in [4.69, 9.17) is 9.47 Å². The zero-order valence-corrected chi connectivity index (χ0v) is 13.8. The van der Waals surface area contributed by atoms with Crippen LogP contribution >= 0.6 is 0 Å². The summed E-state index contributed by atoms with van der Waals surface area (Å²) in [6.45, 7) is 0. The van der Waals surface area contributed by atoms with Gasteiger partial charge in [0.25, 0.3) is 0 Å². The SMILES string of the molecule is O=C(Oc1cccc(F)c1OC(=O)c1cccc(O)c1)c1cccc(O)c1. The van der Waals surface area contributed by atoms with E-state index in [-0.39, 0.29) is 28.4 Å². The number of ether oxygens (including phenoxy) is 2. The number of carbonyl (C=O) groups excluding carboxylic acids is 2. The number of benzene rings is 3. The molecule has 0 spiro atoms. The van der Waals surface area contributed by atoms with Gasteiger partial charge in [-0.15, -0.1) is 0 Å². The maximum atomic E-state index is 14.2. The third kappa shape index (κ3) is 4.21. The van der Waals surface area contributed by atoms with E-state index in [0.717, 1.165) is 12.1 Å². The Morgan fingerprint density at radius 3 is 1.81 bits per heavy atom. The van der Waals surface area contributed by atoms with Crippen molar-refractivity contribution in [3.8, 4) is 23.0 Å². The fourth-order valence-electron chi connectivity index (χ4n) is 2.24. The summed E-state index contributed by atoms with van der Waals surface area (Å²) in [4.78, 5) is 24.4. The van der Waals surface area contributed by atoms with Gasteiger partial charge in [-0.1, -0.05) is 18.2 Å².